The minimum absolute atomic E-state index is 0.120. The van der Waals surface area contributed by atoms with E-state index >= 15 is 0 Å². The maximum Gasteiger partial charge on any atom is 0.317 e. The highest BCUT2D eigenvalue weighted by molar-refractivity contribution is 6.02. The number of anilines is 1. The summed E-state index contributed by atoms with van der Waals surface area (Å²) >= 11 is 0. The Labute approximate surface area is 165 Å². The predicted molar refractivity (Wildman–Crippen MR) is 104 cm³/mol. The maximum absolute atomic E-state index is 12.8. The summed E-state index contributed by atoms with van der Waals surface area (Å²) in [4.78, 5) is 40.1. The molecule has 4 atom stereocenters. The lowest BCUT2D eigenvalue weighted by molar-refractivity contribution is -0.172. The number of nitrogens with zero attached hydrogens (tertiary/aromatic N) is 1. The molecule has 0 bridgehead atoms. The summed E-state index contributed by atoms with van der Waals surface area (Å²) in [5.41, 5.74) is -0.0925. The molecule has 28 heavy (non-hydrogen) atoms. The van der Waals surface area contributed by atoms with Crippen molar-refractivity contribution in [2.75, 3.05) is 32.2 Å². The van der Waals surface area contributed by atoms with Crippen LogP contribution in [0.1, 0.15) is 38.7 Å². The first-order valence-corrected chi connectivity index (χ1v) is 9.49. The molecule has 1 aliphatic rings. The lowest BCUT2D eigenvalue weighted by Gasteiger charge is -2.43. The van der Waals surface area contributed by atoms with Crippen LogP contribution in [0.25, 0.3) is 0 Å². The molecule has 0 unspecified atom stereocenters. The fraction of sp³-hybridized carbons (Fsp3) is 0.571. The first kappa shape index (κ1) is 21.9. The number of ether oxygens (including phenoxy) is 2. The van der Waals surface area contributed by atoms with Crippen LogP contribution in [0.3, 0.4) is 0 Å². The SMILES string of the molecule is CCOC(=O)[C@H]1C(=O)C[C@](C)(O)[C@@H](C(=O)OCC)[C@@H]1c1ccc(N(C)C)cc1. The van der Waals surface area contributed by atoms with Gasteiger partial charge in [-0.1, -0.05) is 12.1 Å². The zero-order valence-electron chi connectivity index (χ0n) is 17.1. The molecule has 0 heterocycles. The van der Waals surface area contributed by atoms with Gasteiger partial charge in [0, 0.05) is 32.1 Å². The largest absolute Gasteiger partial charge is 0.466 e. The van der Waals surface area contributed by atoms with Gasteiger partial charge < -0.3 is 19.5 Å². The summed E-state index contributed by atoms with van der Waals surface area (Å²) in [6, 6.07) is 7.22. The van der Waals surface area contributed by atoms with Crippen molar-refractivity contribution in [3.05, 3.63) is 29.8 Å². The summed E-state index contributed by atoms with van der Waals surface area (Å²) in [7, 11) is 3.79. The molecule has 0 spiro atoms. The number of hydrogen-bond acceptors (Lipinski definition) is 7. The Bertz CT molecular complexity index is 725. The molecule has 1 saturated carbocycles. The molecular formula is C21H29NO6. The number of benzene rings is 1. The summed E-state index contributed by atoms with van der Waals surface area (Å²) in [5.74, 6) is -4.85. The summed E-state index contributed by atoms with van der Waals surface area (Å²) in [5, 5.41) is 10.9. The van der Waals surface area contributed by atoms with Crippen molar-refractivity contribution in [3.8, 4) is 0 Å². The Morgan fingerprint density at radius 3 is 2.14 bits per heavy atom. The van der Waals surface area contributed by atoms with Crippen LogP contribution >= 0.6 is 0 Å². The highest BCUT2D eigenvalue weighted by Crippen LogP contribution is 2.46. The topological polar surface area (TPSA) is 93.1 Å². The zero-order chi connectivity index (χ0) is 21.1. The maximum atomic E-state index is 12.8. The van der Waals surface area contributed by atoms with E-state index in [1.54, 1.807) is 26.0 Å². The van der Waals surface area contributed by atoms with Gasteiger partial charge in [-0.25, -0.2) is 0 Å². The van der Waals surface area contributed by atoms with Crippen molar-refractivity contribution in [1.29, 1.82) is 0 Å². The second-order valence-electron chi connectivity index (χ2n) is 7.47. The number of ketones is 1. The fourth-order valence-corrected chi connectivity index (χ4v) is 3.87. The molecule has 1 aromatic rings. The molecule has 1 N–H and O–H groups in total. The van der Waals surface area contributed by atoms with E-state index in [0.29, 0.717) is 5.56 Å². The average Bonchev–Trinajstić information content (AvgIpc) is 2.60. The first-order chi connectivity index (χ1) is 13.1. The van der Waals surface area contributed by atoms with Crippen molar-refractivity contribution in [1.82, 2.24) is 0 Å². The number of esters is 2. The molecule has 7 nitrogen and oxygen atoms in total. The number of carbonyl (C=O) groups is 3. The molecular weight excluding hydrogens is 362 g/mol. The third kappa shape index (κ3) is 4.35. The smallest absolute Gasteiger partial charge is 0.317 e. The van der Waals surface area contributed by atoms with Crippen molar-refractivity contribution < 1.29 is 29.0 Å². The molecule has 0 radical (unpaired) electrons. The second kappa shape index (κ2) is 8.73. The monoisotopic (exact) mass is 391 g/mol. The van der Waals surface area contributed by atoms with Gasteiger partial charge in [0.25, 0.3) is 0 Å². The van der Waals surface area contributed by atoms with Gasteiger partial charge in [0.2, 0.25) is 0 Å². The molecule has 0 amide bonds. The standard InChI is InChI=1S/C21H29NO6/c1-6-27-19(24)17-15(23)12-21(3,26)18(20(25)28-7-2)16(17)13-8-10-14(11-9-13)22(4)5/h8-11,16-18,26H,6-7,12H2,1-5H3/t16-,17+,18-,21+/m1/s1. The van der Waals surface area contributed by atoms with Gasteiger partial charge in [0.1, 0.15) is 5.92 Å². The zero-order valence-corrected chi connectivity index (χ0v) is 17.1. The van der Waals surface area contributed by atoms with Crippen molar-refractivity contribution >= 4 is 23.4 Å². The molecule has 1 aliphatic carbocycles. The van der Waals surface area contributed by atoms with Crippen LogP contribution in [0.2, 0.25) is 0 Å². The van der Waals surface area contributed by atoms with E-state index in [4.69, 9.17) is 9.47 Å². The van der Waals surface area contributed by atoms with E-state index in [1.807, 2.05) is 31.1 Å². The van der Waals surface area contributed by atoms with E-state index in [1.165, 1.54) is 6.92 Å². The van der Waals surface area contributed by atoms with Crippen LogP contribution in [-0.2, 0) is 23.9 Å². The van der Waals surface area contributed by atoms with Gasteiger partial charge in [-0.05, 0) is 38.5 Å². The highest BCUT2D eigenvalue weighted by Gasteiger charge is 2.57. The van der Waals surface area contributed by atoms with E-state index in [2.05, 4.69) is 0 Å². The summed E-state index contributed by atoms with van der Waals surface area (Å²) in [6.45, 7) is 5.02. The van der Waals surface area contributed by atoms with Crippen molar-refractivity contribution in [2.45, 2.75) is 38.7 Å². The lowest BCUT2D eigenvalue weighted by Crippen LogP contribution is -2.55. The highest BCUT2D eigenvalue weighted by atomic mass is 16.5. The Kier molecular flexibility index (Phi) is 6.82. The molecule has 7 heteroatoms. The first-order valence-electron chi connectivity index (χ1n) is 9.49. The fourth-order valence-electron chi connectivity index (χ4n) is 3.87. The van der Waals surface area contributed by atoms with Gasteiger partial charge >= 0.3 is 11.9 Å². The molecule has 1 fully saturated rings. The van der Waals surface area contributed by atoms with E-state index in [0.717, 1.165) is 5.69 Å². The Balaban J connectivity index is 2.59. The van der Waals surface area contributed by atoms with E-state index in [-0.39, 0.29) is 19.6 Å². The third-order valence-electron chi connectivity index (χ3n) is 5.14. The van der Waals surface area contributed by atoms with E-state index < -0.39 is 41.1 Å². The van der Waals surface area contributed by atoms with Crippen molar-refractivity contribution in [2.24, 2.45) is 11.8 Å². The number of Topliss-reactive ketones (excluding diaryl/α,β-unsaturated/α-hetero) is 1. The molecule has 1 aromatic carbocycles. The van der Waals surface area contributed by atoms with Gasteiger partial charge in [-0.3, -0.25) is 14.4 Å². The molecule has 2 rings (SSSR count). The quantitative estimate of drug-likeness (QED) is 0.585. The minimum Gasteiger partial charge on any atom is -0.466 e. The van der Waals surface area contributed by atoms with Crippen LogP contribution in [-0.4, -0.2) is 55.7 Å². The van der Waals surface area contributed by atoms with Crippen molar-refractivity contribution in [3.63, 3.8) is 0 Å². The van der Waals surface area contributed by atoms with Crippen LogP contribution < -0.4 is 4.90 Å². The van der Waals surface area contributed by atoms with Gasteiger partial charge in [-0.15, -0.1) is 0 Å². The second-order valence-corrected chi connectivity index (χ2v) is 7.47. The molecule has 0 aromatic heterocycles. The Morgan fingerprint density at radius 1 is 1.11 bits per heavy atom. The number of carbonyl (C=O) groups excluding carboxylic acids is 3. The molecule has 0 saturated heterocycles. The minimum atomic E-state index is -1.63. The number of hydrogen-bond donors (Lipinski definition) is 1. The summed E-state index contributed by atoms with van der Waals surface area (Å²) < 4.78 is 10.3. The molecule has 154 valence electrons. The Morgan fingerprint density at radius 2 is 1.64 bits per heavy atom. The normalized spacial score (nSPS) is 27.2. The average molecular weight is 391 g/mol. The third-order valence-corrected chi connectivity index (χ3v) is 5.14. The predicted octanol–water partition coefficient (Wildman–Crippen LogP) is 1.92. The Hall–Kier alpha value is -2.41. The van der Waals surface area contributed by atoms with Gasteiger partial charge in [0.05, 0.1) is 24.7 Å². The van der Waals surface area contributed by atoms with Crippen LogP contribution in [0.4, 0.5) is 5.69 Å². The van der Waals surface area contributed by atoms with Gasteiger partial charge in [-0.2, -0.15) is 0 Å². The number of rotatable bonds is 6. The number of aliphatic hydroxyl groups is 1. The van der Waals surface area contributed by atoms with Crippen LogP contribution in [0.5, 0.6) is 0 Å². The van der Waals surface area contributed by atoms with Crippen LogP contribution in [0, 0.1) is 11.8 Å². The summed E-state index contributed by atoms with van der Waals surface area (Å²) in [6.07, 6.45) is -0.313. The van der Waals surface area contributed by atoms with Gasteiger partial charge in [0.15, 0.2) is 5.78 Å². The van der Waals surface area contributed by atoms with Crippen LogP contribution in [0.15, 0.2) is 24.3 Å². The molecule has 0 aliphatic heterocycles. The van der Waals surface area contributed by atoms with E-state index in [9.17, 15) is 19.5 Å². The lowest BCUT2D eigenvalue weighted by atomic mass is 9.61.